The molecule has 2 N–H and O–H groups in total. The fraction of sp³-hybridized carbons (Fsp3) is 0.600. The van der Waals surface area contributed by atoms with Gasteiger partial charge in [-0.15, -0.1) is 0 Å². The molecule has 2 aromatic heterocycles. The van der Waals surface area contributed by atoms with Gasteiger partial charge >= 0.3 is 0 Å². The highest BCUT2D eigenvalue weighted by Gasteiger charge is 2.27. The van der Waals surface area contributed by atoms with Crippen molar-refractivity contribution in [1.82, 2.24) is 30.4 Å². The zero-order valence-corrected chi connectivity index (χ0v) is 16.9. The summed E-state index contributed by atoms with van der Waals surface area (Å²) in [5.74, 6) is 0.860. The SMILES string of the molecule is CNC(=O)c1nc(C)c(C)c(N2CC[C@@H](NCc3ccnn3C3CCC3)C2)n1. The highest BCUT2D eigenvalue weighted by atomic mass is 16.2. The monoisotopic (exact) mass is 383 g/mol. The largest absolute Gasteiger partial charge is 0.355 e. The molecular formula is C20H29N7O. The summed E-state index contributed by atoms with van der Waals surface area (Å²) in [6.07, 6.45) is 6.75. The summed E-state index contributed by atoms with van der Waals surface area (Å²) in [7, 11) is 1.60. The summed E-state index contributed by atoms with van der Waals surface area (Å²) in [5.41, 5.74) is 3.15. The normalized spacial score (nSPS) is 19.7. The summed E-state index contributed by atoms with van der Waals surface area (Å²) in [4.78, 5) is 23.1. The number of carbonyl (C=O) groups is 1. The van der Waals surface area contributed by atoms with Crippen molar-refractivity contribution < 1.29 is 4.79 Å². The molecule has 1 amide bonds. The van der Waals surface area contributed by atoms with Gasteiger partial charge in [-0.1, -0.05) is 0 Å². The lowest BCUT2D eigenvalue weighted by Gasteiger charge is -2.28. The molecule has 3 heterocycles. The minimum atomic E-state index is -0.248. The molecule has 8 heteroatoms. The van der Waals surface area contributed by atoms with Crippen LogP contribution in [0.5, 0.6) is 0 Å². The maximum absolute atomic E-state index is 12.0. The Hall–Kier alpha value is -2.48. The molecule has 1 saturated heterocycles. The average molecular weight is 384 g/mol. The molecule has 2 aromatic rings. The van der Waals surface area contributed by atoms with Crippen LogP contribution in [0.25, 0.3) is 0 Å². The van der Waals surface area contributed by atoms with Crippen molar-refractivity contribution >= 4 is 11.7 Å². The van der Waals surface area contributed by atoms with Gasteiger partial charge in [0.25, 0.3) is 5.91 Å². The van der Waals surface area contributed by atoms with Crippen LogP contribution in [0.4, 0.5) is 5.82 Å². The molecule has 0 aromatic carbocycles. The number of aromatic nitrogens is 4. The van der Waals surface area contributed by atoms with E-state index in [9.17, 15) is 4.79 Å². The van der Waals surface area contributed by atoms with Gasteiger partial charge in [0.2, 0.25) is 5.82 Å². The van der Waals surface area contributed by atoms with E-state index in [1.165, 1.54) is 25.0 Å². The second kappa shape index (κ2) is 7.87. The molecule has 0 unspecified atom stereocenters. The zero-order chi connectivity index (χ0) is 19.7. The Kier molecular flexibility index (Phi) is 5.30. The van der Waals surface area contributed by atoms with Crippen LogP contribution in [-0.4, -0.2) is 51.8 Å². The first-order valence-corrected chi connectivity index (χ1v) is 10.1. The standard InChI is InChI=1S/C20H29N7O/c1-13-14(2)24-18(20(28)21-3)25-19(13)26-10-8-15(12-26)22-11-17-7-9-23-27(17)16-5-4-6-16/h7,9,15-16,22H,4-6,8,10-12H2,1-3H3,(H,21,28)/t15-/m1/s1. The quantitative estimate of drug-likeness (QED) is 0.790. The lowest BCUT2D eigenvalue weighted by molar-refractivity contribution is 0.0952. The van der Waals surface area contributed by atoms with E-state index in [2.05, 4.69) is 41.3 Å². The first kappa shape index (κ1) is 18.9. The van der Waals surface area contributed by atoms with Crippen molar-refractivity contribution in [2.45, 2.75) is 58.2 Å². The fourth-order valence-corrected chi connectivity index (χ4v) is 3.94. The highest BCUT2D eigenvalue weighted by Crippen LogP contribution is 2.32. The third-order valence-corrected chi connectivity index (χ3v) is 6.03. The predicted octanol–water partition coefficient (Wildman–Crippen LogP) is 1.74. The number of aryl methyl sites for hydroxylation is 1. The number of amides is 1. The molecule has 1 aliphatic carbocycles. The van der Waals surface area contributed by atoms with Gasteiger partial charge in [-0.3, -0.25) is 9.48 Å². The van der Waals surface area contributed by atoms with Crippen molar-refractivity contribution in [1.29, 1.82) is 0 Å². The smallest absolute Gasteiger partial charge is 0.288 e. The summed E-state index contributed by atoms with van der Waals surface area (Å²) in [5, 5.41) is 10.8. The van der Waals surface area contributed by atoms with Crippen LogP contribution < -0.4 is 15.5 Å². The van der Waals surface area contributed by atoms with E-state index in [0.29, 0.717) is 12.1 Å². The fourth-order valence-electron chi connectivity index (χ4n) is 3.94. The summed E-state index contributed by atoms with van der Waals surface area (Å²) >= 11 is 0. The Balaban J connectivity index is 1.41. The Morgan fingerprint density at radius 1 is 1.25 bits per heavy atom. The Bertz CT molecular complexity index is 858. The van der Waals surface area contributed by atoms with Crippen molar-refractivity contribution in [2.75, 3.05) is 25.0 Å². The Morgan fingerprint density at radius 2 is 2.07 bits per heavy atom. The molecule has 0 radical (unpaired) electrons. The van der Waals surface area contributed by atoms with Gasteiger partial charge in [-0.05, 0) is 45.6 Å². The first-order valence-electron chi connectivity index (χ1n) is 10.1. The molecule has 4 rings (SSSR count). The van der Waals surface area contributed by atoms with Gasteiger partial charge in [-0.25, -0.2) is 9.97 Å². The third kappa shape index (κ3) is 3.61. The molecule has 0 bridgehead atoms. The molecule has 1 aliphatic heterocycles. The van der Waals surface area contributed by atoms with Crippen molar-refractivity contribution in [3.05, 3.63) is 35.0 Å². The lowest BCUT2D eigenvalue weighted by Crippen LogP contribution is -2.34. The van der Waals surface area contributed by atoms with E-state index in [-0.39, 0.29) is 11.7 Å². The number of anilines is 1. The van der Waals surface area contributed by atoms with E-state index in [1.807, 2.05) is 20.0 Å². The average Bonchev–Trinajstić information content (AvgIpc) is 3.29. The highest BCUT2D eigenvalue weighted by molar-refractivity contribution is 5.90. The van der Waals surface area contributed by atoms with Crippen LogP contribution in [0.3, 0.4) is 0 Å². The molecule has 28 heavy (non-hydrogen) atoms. The van der Waals surface area contributed by atoms with Gasteiger partial charge in [0, 0.05) is 50.2 Å². The van der Waals surface area contributed by atoms with Crippen molar-refractivity contribution in [3.63, 3.8) is 0 Å². The minimum absolute atomic E-state index is 0.237. The Labute approximate surface area is 165 Å². The van der Waals surface area contributed by atoms with Gasteiger partial charge in [0.05, 0.1) is 11.7 Å². The number of rotatable bonds is 6. The van der Waals surface area contributed by atoms with Gasteiger partial charge in [-0.2, -0.15) is 5.10 Å². The molecule has 0 spiro atoms. The van der Waals surface area contributed by atoms with Crippen LogP contribution in [-0.2, 0) is 6.54 Å². The van der Waals surface area contributed by atoms with Crippen molar-refractivity contribution in [3.8, 4) is 0 Å². The molecule has 1 saturated carbocycles. The van der Waals surface area contributed by atoms with Crippen LogP contribution in [0.1, 0.15) is 59.3 Å². The number of nitrogens with one attached hydrogen (secondary N) is 2. The maximum atomic E-state index is 12.0. The first-order chi connectivity index (χ1) is 13.6. The van der Waals surface area contributed by atoms with Crippen LogP contribution in [0.15, 0.2) is 12.3 Å². The van der Waals surface area contributed by atoms with E-state index in [4.69, 9.17) is 0 Å². The topological polar surface area (TPSA) is 88.0 Å². The molecule has 8 nitrogen and oxygen atoms in total. The summed E-state index contributed by atoms with van der Waals surface area (Å²) in [6.45, 7) is 6.59. The van der Waals surface area contributed by atoms with E-state index < -0.39 is 0 Å². The molecular weight excluding hydrogens is 354 g/mol. The van der Waals surface area contributed by atoms with E-state index >= 15 is 0 Å². The molecule has 150 valence electrons. The minimum Gasteiger partial charge on any atom is -0.355 e. The third-order valence-electron chi connectivity index (χ3n) is 6.03. The number of hydrogen-bond donors (Lipinski definition) is 2. The lowest BCUT2D eigenvalue weighted by atomic mass is 9.93. The van der Waals surface area contributed by atoms with Gasteiger partial charge < -0.3 is 15.5 Å². The van der Waals surface area contributed by atoms with E-state index in [1.54, 1.807) is 7.05 Å². The zero-order valence-electron chi connectivity index (χ0n) is 16.9. The van der Waals surface area contributed by atoms with Crippen molar-refractivity contribution in [2.24, 2.45) is 0 Å². The number of nitrogens with zero attached hydrogens (tertiary/aromatic N) is 5. The molecule has 2 aliphatic rings. The second-order valence-corrected chi connectivity index (χ2v) is 7.82. The maximum Gasteiger partial charge on any atom is 0.288 e. The number of carbonyl (C=O) groups excluding carboxylic acids is 1. The van der Waals surface area contributed by atoms with E-state index in [0.717, 1.165) is 43.1 Å². The predicted molar refractivity (Wildman–Crippen MR) is 107 cm³/mol. The Morgan fingerprint density at radius 3 is 2.79 bits per heavy atom. The number of hydrogen-bond acceptors (Lipinski definition) is 6. The second-order valence-electron chi connectivity index (χ2n) is 7.82. The summed E-state index contributed by atoms with van der Waals surface area (Å²) in [6, 6.07) is 3.09. The van der Waals surface area contributed by atoms with Gasteiger partial charge in [0.15, 0.2) is 0 Å². The van der Waals surface area contributed by atoms with Crippen LogP contribution in [0, 0.1) is 13.8 Å². The molecule has 1 atom stereocenters. The van der Waals surface area contributed by atoms with Crippen LogP contribution in [0.2, 0.25) is 0 Å². The summed E-state index contributed by atoms with van der Waals surface area (Å²) < 4.78 is 2.19. The molecule has 2 fully saturated rings. The van der Waals surface area contributed by atoms with Gasteiger partial charge in [0.1, 0.15) is 5.82 Å². The van der Waals surface area contributed by atoms with Crippen LogP contribution >= 0.6 is 0 Å².